The maximum absolute atomic E-state index is 12.5. The molecule has 0 unspecified atom stereocenters. The van der Waals surface area contributed by atoms with Crippen LogP contribution >= 0.6 is 0 Å². The number of aromatic nitrogens is 1. The fourth-order valence-electron chi connectivity index (χ4n) is 4.75. The smallest absolute Gasteiger partial charge is 0.274 e. The van der Waals surface area contributed by atoms with E-state index in [1.54, 1.807) is 30.3 Å². The number of hydrogen-bond acceptors (Lipinski definition) is 6. The van der Waals surface area contributed by atoms with E-state index in [4.69, 9.17) is 9.83 Å². The minimum Gasteiger partial charge on any atom is -0.494 e. The molecule has 1 saturated heterocycles. The summed E-state index contributed by atoms with van der Waals surface area (Å²) in [5.41, 5.74) is 7.50. The number of aromatic amines is 1. The number of hydrogen-bond donors (Lipinski definition) is 3. The number of fused-ring (bicyclic) bond motifs is 1. The first-order chi connectivity index (χ1) is 18.5. The molecule has 38 heavy (non-hydrogen) atoms. The second kappa shape index (κ2) is 11.4. The minimum atomic E-state index is -0.319. The van der Waals surface area contributed by atoms with Crippen LogP contribution in [-0.2, 0) is 4.84 Å². The molecule has 1 amide bonds. The Balaban J connectivity index is 1.40. The van der Waals surface area contributed by atoms with Gasteiger partial charge in [0, 0.05) is 34.1 Å². The van der Waals surface area contributed by atoms with Crippen molar-refractivity contribution in [2.75, 3.05) is 26.2 Å². The van der Waals surface area contributed by atoms with Crippen molar-refractivity contribution in [2.24, 2.45) is 4.99 Å². The van der Waals surface area contributed by atoms with Crippen molar-refractivity contribution in [1.82, 2.24) is 15.4 Å². The first kappa shape index (κ1) is 25.4. The van der Waals surface area contributed by atoms with Gasteiger partial charge in [-0.15, -0.1) is 0 Å². The third kappa shape index (κ3) is 5.51. The molecule has 3 N–H and O–H groups in total. The normalized spacial score (nSPS) is 14.2. The topological polar surface area (TPSA) is 107 Å². The molecule has 0 aliphatic carbocycles. The summed E-state index contributed by atoms with van der Waals surface area (Å²) >= 11 is 0. The van der Waals surface area contributed by atoms with Crippen LogP contribution in [0.3, 0.4) is 0 Å². The highest BCUT2D eigenvalue weighted by atomic mass is 16.6. The first-order valence-electron chi connectivity index (χ1n) is 12.7. The number of H-pyrrole nitrogens is 1. The summed E-state index contributed by atoms with van der Waals surface area (Å²) in [5.74, 6) is -0.354. The Morgan fingerprint density at radius 1 is 1.08 bits per heavy atom. The Kier molecular flexibility index (Phi) is 7.62. The number of hydroxylamine groups is 1. The van der Waals surface area contributed by atoms with Crippen LogP contribution in [0.1, 0.15) is 50.2 Å². The third-order valence-corrected chi connectivity index (χ3v) is 6.82. The zero-order valence-corrected chi connectivity index (χ0v) is 21.2. The number of aliphatic imine (C=N–C) groups is 1. The van der Waals surface area contributed by atoms with E-state index >= 15 is 0 Å². The number of aromatic hydroxyl groups is 1. The summed E-state index contributed by atoms with van der Waals surface area (Å²) in [6, 6.07) is 20.1. The van der Waals surface area contributed by atoms with Crippen LogP contribution in [0.2, 0.25) is 0 Å². The van der Waals surface area contributed by atoms with Gasteiger partial charge in [-0.2, -0.15) is 0 Å². The zero-order chi connectivity index (χ0) is 26.5. The van der Waals surface area contributed by atoms with Crippen molar-refractivity contribution in [1.29, 1.82) is 0 Å². The van der Waals surface area contributed by atoms with Crippen LogP contribution in [0.4, 0.5) is 5.69 Å². The van der Waals surface area contributed by atoms with Gasteiger partial charge in [0.1, 0.15) is 6.29 Å². The molecule has 1 aliphatic rings. The SMILES string of the molecule is Cc1cc2c(C(=Nc3ccc(C(=O)NOCCN4CCCC4)cc3)c3ccccc3)c(O)[nH]c2cc1C=O. The maximum atomic E-state index is 12.5. The molecule has 0 saturated carbocycles. The molecule has 194 valence electrons. The van der Waals surface area contributed by atoms with E-state index in [9.17, 15) is 14.7 Å². The molecule has 1 aliphatic heterocycles. The molecule has 0 radical (unpaired) electrons. The molecule has 1 aromatic heterocycles. The van der Waals surface area contributed by atoms with E-state index in [0.717, 1.165) is 42.4 Å². The largest absolute Gasteiger partial charge is 0.494 e. The monoisotopic (exact) mass is 510 g/mol. The highest BCUT2D eigenvalue weighted by Gasteiger charge is 2.20. The van der Waals surface area contributed by atoms with Crippen LogP contribution in [0.15, 0.2) is 71.7 Å². The lowest BCUT2D eigenvalue weighted by Gasteiger charge is -2.14. The number of benzene rings is 3. The Morgan fingerprint density at radius 3 is 2.53 bits per heavy atom. The van der Waals surface area contributed by atoms with Crippen molar-refractivity contribution < 1.29 is 19.5 Å². The molecular formula is C30H30N4O4. The Morgan fingerprint density at radius 2 is 1.82 bits per heavy atom. The number of carbonyl (C=O) groups excluding carboxylic acids is 2. The predicted molar refractivity (Wildman–Crippen MR) is 147 cm³/mol. The molecule has 4 aromatic rings. The van der Waals surface area contributed by atoms with Gasteiger partial charge in [0.15, 0.2) is 5.88 Å². The second-order valence-corrected chi connectivity index (χ2v) is 9.42. The quantitative estimate of drug-likeness (QED) is 0.128. The average molecular weight is 511 g/mol. The first-order valence-corrected chi connectivity index (χ1v) is 12.7. The number of carbonyl (C=O) groups is 2. The van der Waals surface area contributed by atoms with Gasteiger partial charge in [-0.25, -0.2) is 10.5 Å². The van der Waals surface area contributed by atoms with Gasteiger partial charge in [-0.3, -0.25) is 14.4 Å². The van der Waals surface area contributed by atoms with Gasteiger partial charge < -0.3 is 15.0 Å². The number of nitrogens with zero attached hydrogens (tertiary/aromatic N) is 2. The van der Waals surface area contributed by atoms with Gasteiger partial charge in [0.2, 0.25) is 0 Å². The molecule has 5 rings (SSSR count). The minimum absolute atomic E-state index is 0.0351. The van der Waals surface area contributed by atoms with Crippen molar-refractivity contribution in [3.8, 4) is 5.88 Å². The standard InChI is InChI=1S/C30H30N4O4/c1-20-17-25-26(18-23(20)19-35)32-30(37)27(25)28(21-7-3-2-4-8-21)31-24-11-9-22(10-12-24)29(36)33-38-16-15-34-13-5-6-14-34/h2-4,7-12,17-19,32,37H,5-6,13-16H2,1H3,(H,33,36). The summed E-state index contributed by atoms with van der Waals surface area (Å²) in [7, 11) is 0. The lowest BCUT2D eigenvalue weighted by molar-refractivity contribution is 0.0244. The van der Waals surface area contributed by atoms with E-state index in [2.05, 4.69) is 15.4 Å². The molecule has 0 spiro atoms. The average Bonchev–Trinajstić information content (AvgIpc) is 3.57. The highest BCUT2D eigenvalue weighted by molar-refractivity contribution is 6.22. The number of aldehydes is 1. The molecule has 2 heterocycles. The molecule has 0 bridgehead atoms. The fraction of sp³-hybridized carbons (Fsp3) is 0.233. The lowest BCUT2D eigenvalue weighted by Crippen LogP contribution is -2.30. The number of likely N-dealkylation sites (tertiary alicyclic amines) is 1. The van der Waals surface area contributed by atoms with Gasteiger partial charge in [-0.1, -0.05) is 30.3 Å². The summed E-state index contributed by atoms with van der Waals surface area (Å²) in [4.78, 5) is 39.5. The maximum Gasteiger partial charge on any atom is 0.274 e. The molecule has 8 heteroatoms. The van der Waals surface area contributed by atoms with Crippen molar-refractivity contribution in [2.45, 2.75) is 19.8 Å². The van der Waals surface area contributed by atoms with Crippen LogP contribution in [0, 0.1) is 6.92 Å². The van der Waals surface area contributed by atoms with E-state index in [-0.39, 0.29) is 11.8 Å². The Labute approximate surface area is 220 Å². The van der Waals surface area contributed by atoms with Crippen LogP contribution in [-0.4, -0.2) is 59.1 Å². The van der Waals surface area contributed by atoms with Crippen molar-refractivity contribution in [3.63, 3.8) is 0 Å². The molecule has 0 atom stereocenters. The van der Waals surface area contributed by atoms with E-state index in [1.165, 1.54) is 12.8 Å². The van der Waals surface area contributed by atoms with E-state index < -0.39 is 0 Å². The number of aryl methyl sites for hydroxylation is 1. The van der Waals surface area contributed by atoms with Crippen LogP contribution in [0.25, 0.3) is 10.9 Å². The molecule has 3 aromatic carbocycles. The predicted octanol–water partition coefficient (Wildman–Crippen LogP) is 4.92. The number of nitrogens with one attached hydrogen (secondary N) is 2. The van der Waals surface area contributed by atoms with E-state index in [1.807, 2.05) is 43.3 Å². The summed E-state index contributed by atoms with van der Waals surface area (Å²) < 4.78 is 0. The van der Waals surface area contributed by atoms with Gasteiger partial charge in [-0.05, 0) is 74.8 Å². The Bertz CT molecular complexity index is 1470. The van der Waals surface area contributed by atoms with Gasteiger partial charge >= 0.3 is 0 Å². The summed E-state index contributed by atoms with van der Waals surface area (Å²) in [5, 5.41) is 11.7. The zero-order valence-electron chi connectivity index (χ0n) is 21.2. The molecular weight excluding hydrogens is 480 g/mol. The van der Waals surface area contributed by atoms with Crippen molar-refractivity contribution in [3.05, 3.63) is 94.5 Å². The highest BCUT2D eigenvalue weighted by Crippen LogP contribution is 2.33. The van der Waals surface area contributed by atoms with Gasteiger partial charge in [0.05, 0.1) is 23.6 Å². The number of rotatable bonds is 9. The van der Waals surface area contributed by atoms with Crippen molar-refractivity contribution >= 4 is 34.5 Å². The van der Waals surface area contributed by atoms with Crippen LogP contribution < -0.4 is 5.48 Å². The fourth-order valence-corrected chi connectivity index (χ4v) is 4.75. The Hall–Kier alpha value is -4.27. The molecule has 1 fully saturated rings. The second-order valence-electron chi connectivity index (χ2n) is 9.42. The summed E-state index contributed by atoms with van der Waals surface area (Å²) in [6.07, 6.45) is 3.23. The van der Waals surface area contributed by atoms with Crippen LogP contribution in [0.5, 0.6) is 5.88 Å². The van der Waals surface area contributed by atoms with Gasteiger partial charge in [0.25, 0.3) is 5.91 Å². The summed E-state index contributed by atoms with van der Waals surface area (Å²) in [6.45, 7) is 5.26. The lowest BCUT2D eigenvalue weighted by atomic mass is 9.98. The molecule has 8 nitrogen and oxygen atoms in total. The number of amides is 1. The third-order valence-electron chi connectivity index (χ3n) is 6.82. The van der Waals surface area contributed by atoms with E-state index in [0.29, 0.717) is 40.2 Å².